The van der Waals surface area contributed by atoms with Gasteiger partial charge in [-0.2, -0.15) is 0 Å². The number of hydrogen-bond acceptors (Lipinski definition) is 0. The third kappa shape index (κ3) is 2.50. The van der Waals surface area contributed by atoms with Gasteiger partial charge in [-0.15, -0.1) is 0 Å². The fourth-order valence-corrected chi connectivity index (χ4v) is 0.952. The predicted octanol–water partition coefficient (Wildman–Crippen LogP) is 3.31. The Morgan fingerprint density at radius 3 is 1.89 bits per heavy atom. The smallest absolute Gasteiger partial charge is 0.0343 e. The maximum Gasteiger partial charge on any atom is -0.0343 e. The lowest BCUT2D eigenvalue weighted by Gasteiger charge is -2.01. The quantitative estimate of drug-likeness (QED) is 0.506. The highest BCUT2D eigenvalue weighted by Gasteiger charge is 1.91. The zero-order valence-corrected chi connectivity index (χ0v) is 6.70. The molecule has 0 fully saturated rings. The van der Waals surface area contributed by atoms with Gasteiger partial charge in [0, 0.05) is 0 Å². The standard InChI is InChI=1S/C9H16/c1-5-8(4)9(6-2)7-3/h5H,1,6-7H2,2-4H3. The summed E-state index contributed by atoms with van der Waals surface area (Å²) < 4.78 is 0. The Labute approximate surface area is 58.3 Å². The highest BCUT2D eigenvalue weighted by atomic mass is 14.0. The Kier molecular flexibility index (Phi) is 4.12. The third-order valence-electron chi connectivity index (χ3n) is 1.72. The summed E-state index contributed by atoms with van der Waals surface area (Å²) in [6.45, 7) is 10.2. The molecule has 0 rings (SSSR count). The van der Waals surface area contributed by atoms with E-state index in [-0.39, 0.29) is 0 Å². The molecule has 0 aliphatic heterocycles. The Morgan fingerprint density at radius 2 is 1.78 bits per heavy atom. The molecule has 0 bridgehead atoms. The van der Waals surface area contributed by atoms with Crippen LogP contribution in [0.5, 0.6) is 0 Å². The summed E-state index contributed by atoms with van der Waals surface area (Å²) in [6, 6.07) is 0. The molecular formula is C9H16. The molecule has 0 atom stereocenters. The first-order chi connectivity index (χ1) is 4.26. The molecular weight excluding hydrogens is 108 g/mol. The fraction of sp³-hybridized carbons (Fsp3) is 0.556. The van der Waals surface area contributed by atoms with E-state index in [1.807, 2.05) is 6.08 Å². The van der Waals surface area contributed by atoms with Crippen molar-refractivity contribution in [1.29, 1.82) is 0 Å². The molecule has 0 N–H and O–H groups in total. The van der Waals surface area contributed by atoms with E-state index in [9.17, 15) is 0 Å². The van der Waals surface area contributed by atoms with Crippen LogP contribution >= 0.6 is 0 Å². The van der Waals surface area contributed by atoms with E-state index in [0.717, 1.165) is 12.8 Å². The zero-order valence-electron chi connectivity index (χ0n) is 6.70. The van der Waals surface area contributed by atoms with Gasteiger partial charge in [0.2, 0.25) is 0 Å². The summed E-state index contributed by atoms with van der Waals surface area (Å²) in [4.78, 5) is 0. The van der Waals surface area contributed by atoms with Crippen molar-refractivity contribution in [3.05, 3.63) is 23.8 Å². The topological polar surface area (TPSA) is 0 Å². The first kappa shape index (κ1) is 8.48. The molecule has 0 heterocycles. The van der Waals surface area contributed by atoms with Crippen molar-refractivity contribution in [2.24, 2.45) is 0 Å². The van der Waals surface area contributed by atoms with Crippen LogP contribution in [-0.2, 0) is 0 Å². The van der Waals surface area contributed by atoms with Gasteiger partial charge >= 0.3 is 0 Å². The van der Waals surface area contributed by atoms with Crippen molar-refractivity contribution in [1.82, 2.24) is 0 Å². The molecule has 0 unspecified atom stereocenters. The molecule has 0 aromatic heterocycles. The third-order valence-corrected chi connectivity index (χ3v) is 1.72. The molecule has 0 amide bonds. The van der Waals surface area contributed by atoms with Crippen LogP contribution in [0.15, 0.2) is 23.8 Å². The molecule has 0 saturated heterocycles. The maximum atomic E-state index is 3.72. The highest BCUT2D eigenvalue weighted by molar-refractivity contribution is 5.21. The Hall–Kier alpha value is -0.520. The highest BCUT2D eigenvalue weighted by Crippen LogP contribution is 2.11. The van der Waals surface area contributed by atoms with Crippen LogP contribution in [0, 0.1) is 0 Å². The van der Waals surface area contributed by atoms with E-state index < -0.39 is 0 Å². The molecule has 0 saturated carbocycles. The van der Waals surface area contributed by atoms with E-state index in [4.69, 9.17) is 0 Å². The largest absolute Gasteiger partial charge is 0.0988 e. The minimum absolute atomic E-state index is 1.16. The van der Waals surface area contributed by atoms with Crippen molar-refractivity contribution in [2.45, 2.75) is 33.6 Å². The summed E-state index contributed by atoms with van der Waals surface area (Å²) in [7, 11) is 0. The summed E-state index contributed by atoms with van der Waals surface area (Å²) in [5.41, 5.74) is 2.87. The second-order valence-electron chi connectivity index (χ2n) is 2.20. The van der Waals surface area contributed by atoms with Crippen molar-refractivity contribution >= 4 is 0 Å². The van der Waals surface area contributed by atoms with Crippen LogP contribution in [0.1, 0.15) is 33.6 Å². The SMILES string of the molecule is C=CC(C)=C(CC)CC. The molecule has 0 aromatic carbocycles. The molecule has 9 heavy (non-hydrogen) atoms. The van der Waals surface area contributed by atoms with E-state index in [0.29, 0.717) is 0 Å². The molecule has 52 valence electrons. The van der Waals surface area contributed by atoms with Crippen LogP contribution in [0.3, 0.4) is 0 Å². The second kappa shape index (κ2) is 4.37. The van der Waals surface area contributed by atoms with Crippen LogP contribution < -0.4 is 0 Å². The van der Waals surface area contributed by atoms with Crippen molar-refractivity contribution in [3.8, 4) is 0 Å². The van der Waals surface area contributed by atoms with Gasteiger partial charge in [-0.1, -0.05) is 37.6 Å². The van der Waals surface area contributed by atoms with Gasteiger partial charge in [0.05, 0.1) is 0 Å². The normalized spacial score (nSPS) is 8.78. The summed E-state index contributed by atoms with van der Waals surface area (Å²) in [5.74, 6) is 0. The number of allylic oxidation sites excluding steroid dienone is 3. The van der Waals surface area contributed by atoms with Crippen molar-refractivity contribution in [3.63, 3.8) is 0 Å². The van der Waals surface area contributed by atoms with Gasteiger partial charge < -0.3 is 0 Å². The minimum Gasteiger partial charge on any atom is -0.0988 e. The number of hydrogen-bond donors (Lipinski definition) is 0. The first-order valence-corrected chi connectivity index (χ1v) is 3.57. The van der Waals surface area contributed by atoms with E-state index in [1.54, 1.807) is 0 Å². The Balaban J connectivity index is 4.17. The minimum atomic E-state index is 1.16. The molecule has 0 nitrogen and oxygen atoms in total. The summed E-state index contributed by atoms with van der Waals surface area (Å²) in [6.07, 6.45) is 4.26. The maximum absolute atomic E-state index is 3.72. The molecule has 0 aromatic rings. The summed E-state index contributed by atoms with van der Waals surface area (Å²) >= 11 is 0. The first-order valence-electron chi connectivity index (χ1n) is 3.57. The molecule has 0 heteroatoms. The van der Waals surface area contributed by atoms with Gasteiger partial charge in [-0.25, -0.2) is 0 Å². The molecule has 0 aliphatic rings. The van der Waals surface area contributed by atoms with E-state index in [1.165, 1.54) is 11.1 Å². The van der Waals surface area contributed by atoms with Crippen molar-refractivity contribution in [2.75, 3.05) is 0 Å². The number of rotatable bonds is 3. The Bertz CT molecular complexity index is 112. The van der Waals surface area contributed by atoms with Gasteiger partial charge in [-0.3, -0.25) is 0 Å². The average molecular weight is 124 g/mol. The van der Waals surface area contributed by atoms with Gasteiger partial charge in [0.15, 0.2) is 0 Å². The second-order valence-corrected chi connectivity index (χ2v) is 2.20. The summed E-state index contributed by atoms with van der Waals surface area (Å²) in [5, 5.41) is 0. The average Bonchev–Trinajstić information content (AvgIpc) is 1.90. The van der Waals surface area contributed by atoms with Gasteiger partial charge in [-0.05, 0) is 19.8 Å². The van der Waals surface area contributed by atoms with Gasteiger partial charge in [0.1, 0.15) is 0 Å². The Morgan fingerprint density at radius 1 is 1.33 bits per heavy atom. The molecule has 0 aliphatic carbocycles. The lowest BCUT2D eigenvalue weighted by molar-refractivity contribution is 0.957. The van der Waals surface area contributed by atoms with E-state index >= 15 is 0 Å². The van der Waals surface area contributed by atoms with Gasteiger partial charge in [0.25, 0.3) is 0 Å². The van der Waals surface area contributed by atoms with Crippen LogP contribution in [0.4, 0.5) is 0 Å². The lowest BCUT2D eigenvalue weighted by atomic mass is 10.1. The molecule has 0 radical (unpaired) electrons. The lowest BCUT2D eigenvalue weighted by Crippen LogP contribution is -1.81. The van der Waals surface area contributed by atoms with Crippen LogP contribution in [0.2, 0.25) is 0 Å². The molecule has 0 spiro atoms. The monoisotopic (exact) mass is 124 g/mol. The van der Waals surface area contributed by atoms with E-state index in [2.05, 4.69) is 27.4 Å². The van der Waals surface area contributed by atoms with Crippen LogP contribution in [-0.4, -0.2) is 0 Å². The van der Waals surface area contributed by atoms with Crippen LogP contribution in [0.25, 0.3) is 0 Å². The predicted molar refractivity (Wildman–Crippen MR) is 43.5 cm³/mol. The fourth-order valence-electron chi connectivity index (χ4n) is 0.952. The van der Waals surface area contributed by atoms with Crippen molar-refractivity contribution < 1.29 is 0 Å². The zero-order chi connectivity index (χ0) is 7.28.